The van der Waals surface area contributed by atoms with Crippen LogP contribution in [-0.4, -0.2) is 26.4 Å². The van der Waals surface area contributed by atoms with Gasteiger partial charge in [0.1, 0.15) is 6.61 Å². The average molecular weight is 406 g/mol. The minimum atomic E-state index is 0.346. The van der Waals surface area contributed by atoms with Crippen molar-refractivity contribution in [2.75, 3.05) is 20.3 Å². The summed E-state index contributed by atoms with van der Waals surface area (Å²) in [6.07, 6.45) is 2.66. The van der Waals surface area contributed by atoms with Gasteiger partial charge in [0.25, 0.3) is 0 Å². The van der Waals surface area contributed by atoms with Crippen molar-refractivity contribution in [3.05, 3.63) is 58.1 Å². The normalized spacial score (nSPS) is 16.8. The van der Waals surface area contributed by atoms with E-state index in [-0.39, 0.29) is 0 Å². The molecule has 0 bridgehead atoms. The zero-order valence-corrected chi connectivity index (χ0v) is 16.1. The average Bonchev–Trinajstić information content (AvgIpc) is 3.15. The van der Waals surface area contributed by atoms with Crippen LogP contribution in [0.1, 0.15) is 24.0 Å². The molecule has 1 aliphatic rings. The fourth-order valence-electron chi connectivity index (χ4n) is 2.93. The van der Waals surface area contributed by atoms with E-state index in [1.807, 2.05) is 36.4 Å². The molecule has 1 fully saturated rings. The molecule has 2 aromatic rings. The van der Waals surface area contributed by atoms with Crippen molar-refractivity contribution in [1.82, 2.24) is 5.32 Å². The lowest BCUT2D eigenvalue weighted by Gasteiger charge is -2.15. The quantitative estimate of drug-likeness (QED) is 0.710. The third-order valence-electron chi connectivity index (χ3n) is 4.24. The predicted octanol–water partition coefficient (Wildman–Crippen LogP) is 4.31. The molecule has 0 aliphatic carbocycles. The molecule has 134 valence electrons. The Kier molecular flexibility index (Phi) is 6.73. The van der Waals surface area contributed by atoms with Gasteiger partial charge in [-0.15, -0.1) is 0 Å². The standard InChI is InChI=1S/C20H24BrNO3/c1-23-19-11-16(12-22-13-17-8-5-9-24-17)10-18(21)20(19)25-14-15-6-3-2-4-7-15/h2-4,6-7,10-11,17,22H,5,8-9,12-14H2,1H3. The molecular weight excluding hydrogens is 382 g/mol. The van der Waals surface area contributed by atoms with Gasteiger partial charge in [-0.3, -0.25) is 0 Å². The minimum absolute atomic E-state index is 0.346. The van der Waals surface area contributed by atoms with E-state index in [0.29, 0.717) is 12.7 Å². The maximum absolute atomic E-state index is 5.97. The molecule has 0 saturated carbocycles. The maximum atomic E-state index is 5.97. The Hall–Kier alpha value is -1.56. The van der Waals surface area contributed by atoms with Crippen molar-refractivity contribution < 1.29 is 14.2 Å². The predicted molar refractivity (Wildman–Crippen MR) is 102 cm³/mol. The summed E-state index contributed by atoms with van der Waals surface area (Å²) in [5.41, 5.74) is 2.27. The van der Waals surface area contributed by atoms with Crippen LogP contribution in [0.2, 0.25) is 0 Å². The highest BCUT2D eigenvalue weighted by Gasteiger charge is 2.15. The zero-order valence-electron chi connectivity index (χ0n) is 14.5. The molecular formula is C20H24BrNO3. The number of nitrogens with one attached hydrogen (secondary N) is 1. The molecule has 4 nitrogen and oxygen atoms in total. The minimum Gasteiger partial charge on any atom is -0.493 e. The van der Waals surface area contributed by atoms with Crippen LogP contribution in [-0.2, 0) is 17.9 Å². The lowest BCUT2D eigenvalue weighted by Crippen LogP contribution is -2.25. The van der Waals surface area contributed by atoms with E-state index in [0.717, 1.165) is 53.2 Å². The molecule has 1 atom stereocenters. The van der Waals surface area contributed by atoms with Gasteiger partial charge in [0, 0.05) is 19.7 Å². The number of hydrogen-bond acceptors (Lipinski definition) is 4. The molecule has 25 heavy (non-hydrogen) atoms. The molecule has 1 unspecified atom stereocenters. The van der Waals surface area contributed by atoms with E-state index in [2.05, 4.69) is 27.3 Å². The van der Waals surface area contributed by atoms with Gasteiger partial charge in [-0.1, -0.05) is 30.3 Å². The lowest BCUT2D eigenvalue weighted by molar-refractivity contribution is 0.110. The Labute approximate surface area is 157 Å². The first-order valence-electron chi connectivity index (χ1n) is 8.61. The van der Waals surface area contributed by atoms with Gasteiger partial charge in [0.05, 0.1) is 17.7 Å². The molecule has 0 aromatic heterocycles. The van der Waals surface area contributed by atoms with E-state index >= 15 is 0 Å². The van der Waals surface area contributed by atoms with E-state index in [1.165, 1.54) is 6.42 Å². The monoisotopic (exact) mass is 405 g/mol. The zero-order chi connectivity index (χ0) is 17.5. The van der Waals surface area contributed by atoms with Crippen LogP contribution in [0.25, 0.3) is 0 Å². The van der Waals surface area contributed by atoms with Crippen molar-refractivity contribution in [2.24, 2.45) is 0 Å². The highest BCUT2D eigenvalue weighted by Crippen LogP contribution is 2.37. The highest BCUT2D eigenvalue weighted by atomic mass is 79.9. The Bertz CT molecular complexity index is 672. The van der Waals surface area contributed by atoms with E-state index in [9.17, 15) is 0 Å². The summed E-state index contributed by atoms with van der Waals surface area (Å²) in [6, 6.07) is 14.2. The molecule has 2 aromatic carbocycles. The van der Waals surface area contributed by atoms with Crippen molar-refractivity contribution in [3.8, 4) is 11.5 Å². The van der Waals surface area contributed by atoms with Gasteiger partial charge in [-0.05, 0) is 52.0 Å². The van der Waals surface area contributed by atoms with Crippen LogP contribution in [0.4, 0.5) is 0 Å². The number of benzene rings is 2. The third kappa shape index (κ3) is 5.21. The second kappa shape index (κ2) is 9.22. The third-order valence-corrected chi connectivity index (χ3v) is 4.83. The molecule has 0 amide bonds. The molecule has 1 N–H and O–H groups in total. The molecule has 1 heterocycles. The molecule has 0 spiro atoms. The van der Waals surface area contributed by atoms with Gasteiger partial charge in [-0.2, -0.15) is 0 Å². The summed E-state index contributed by atoms with van der Waals surface area (Å²) < 4.78 is 18.0. The fourth-order valence-corrected chi connectivity index (χ4v) is 3.53. The Balaban J connectivity index is 1.61. The van der Waals surface area contributed by atoms with Crippen LogP contribution >= 0.6 is 15.9 Å². The second-order valence-corrected chi connectivity index (χ2v) is 7.00. The van der Waals surface area contributed by atoms with Crippen LogP contribution in [0.15, 0.2) is 46.9 Å². The SMILES string of the molecule is COc1cc(CNCC2CCCO2)cc(Br)c1OCc1ccccc1. The van der Waals surface area contributed by atoms with Crippen molar-refractivity contribution >= 4 is 15.9 Å². The number of hydrogen-bond donors (Lipinski definition) is 1. The van der Waals surface area contributed by atoms with E-state index in [4.69, 9.17) is 14.2 Å². The van der Waals surface area contributed by atoms with Crippen LogP contribution in [0.3, 0.4) is 0 Å². The largest absolute Gasteiger partial charge is 0.493 e. The molecule has 1 saturated heterocycles. The summed E-state index contributed by atoms with van der Waals surface area (Å²) in [6.45, 7) is 3.05. The Morgan fingerprint density at radius 3 is 2.76 bits per heavy atom. The molecule has 0 radical (unpaired) electrons. The number of methoxy groups -OCH3 is 1. The van der Waals surface area contributed by atoms with Crippen LogP contribution in [0.5, 0.6) is 11.5 Å². The number of rotatable bonds is 8. The van der Waals surface area contributed by atoms with Crippen molar-refractivity contribution in [2.45, 2.75) is 32.1 Å². The summed E-state index contributed by atoms with van der Waals surface area (Å²) in [5, 5.41) is 3.46. The first kappa shape index (κ1) is 18.2. The van der Waals surface area contributed by atoms with Gasteiger partial charge < -0.3 is 19.5 Å². The Morgan fingerprint density at radius 1 is 1.20 bits per heavy atom. The van der Waals surface area contributed by atoms with Gasteiger partial charge in [0.2, 0.25) is 0 Å². The number of ether oxygens (including phenoxy) is 3. The maximum Gasteiger partial charge on any atom is 0.175 e. The molecule has 1 aliphatic heterocycles. The van der Waals surface area contributed by atoms with Crippen LogP contribution < -0.4 is 14.8 Å². The summed E-state index contributed by atoms with van der Waals surface area (Å²) in [5.74, 6) is 1.47. The lowest BCUT2D eigenvalue weighted by atomic mass is 10.2. The molecule has 5 heteroatoms. The second-order valence-electron chi connectivity index (χ2n) is 6.15. The summed E-state index contributed by atoms with van der Waals surface area (Å²) in [4.78, 5) is 0. The Morgan fingerprint density at radius 2 is 2.04 bits per heavy atom. The fraction of sp³-hybridized carbons (Fsp3) is 0.400. The van der Waals surface area contributed by atoms with Crippen molar-refractivity contribution in [3.63, 3.8) is 0 Å². The van der Waals surface area contributed by atoms with Crippen molar-refractivity contribution in [1.29, 1.82) is 0 Å². The first-order valence-corrected chi connectivity index (χ1v) is 9.41. The topological polar surface area (TPSA) is 39.7 Å². The smallest absolute Gasteiger partial charge is 0.175 e. The summed E-state index contributed by atoms with van der Waals surface area (Å²) >= 11 is 3.61. The van der Waals surface area contributed by atoms with Gasteiger partial charge in [0.15, 0.2) is 11.5 Å². The van der Waals surface area contributed by atoms with Gasteiger partial charge in [-0.25, -0.2) is 0 Å². The molecule has 3 rings (SSSR count). The highest BCUT2D eigenvalue weighted by molar-refractivity contribution is 9.10. The summed E-state index contributed by atoms with van der Waals surface area (Å²) in [7, 11) is 1.67. The van der Waals surface area contributed by atoms with Crippen LogP contribution in [0, 0.1) is 0 Å². The first-order chi connectivity index (χ1) is 12.3. The van der Waals surface area contributed by atoms with E-state index in [1.54, 1.807) is 7.11 Å². The van der Waals surface area contributed by atoms with E-state index < -0.39 is 0 Å². The number of halogens is 1. The van der Waals surface area contributed by atoms with Gasteiger partial charge >= 0.3 is 0 Å².